The van der Waals surface area contributed by atoms with Gasteiger partial charge in [0.1, 0.15) is 25.5 Å². The van der Waals surface area contributed by atoms with E-state index in [1.54, 1.807) is 0 Å². The van der Waals surface area contributed by atoms with Crippen molar-refractivity contribution in [2.45, 2.75) is 84.5 Å². The summed E-state index contributed by atoms with van der Waals surface area (Å²) in [5, 5.41) is 2.38. The molecular formula is C43H45N3O2P2. The topological polar surface area (TPSA) is 33.2 Å². The van der Waals surface area contributed by atoms with E-state index in [-0.39, 0.29) is 16.2 Å². The van der Waals surface area contributed by atoms with Crippen LogP contribution in [0.4, 0.5) is 0 Å². The lowest BCUT2D eigenvalue weighted by Crippen LogP contribution is -2.34. The maximum atomic E-state index is 7.53. The first-order chi connectivity index (χ1) is 23.8. The molecule has 50 heavy (non-hydrogen) atoms. The van der Waals surface area contributed by atoms with Crippen LogP contribution < -0.4 is 19.9 Å². The van der Waals surface area contributed by atoms with Crippen molar-refractivity contribution in [3.05, 3.63) is 148 Å². The van der Waals surface area contributed by atoms with Crippen LogP contribution in [0.5, 0.6) is 17.2 Å². The minimum atomic E-state index is -1.30. The monoisotopic (exact) mass is 697 g/mol. The Hall–Kier alpha value is -4.04. The number of hydrogen-bond acceptors (Lipinski definition) is 2. The van der Waals surface area contributed by atoms with E-state index in [0.29, 0.717) is 0 Å². The second-order valence-electron chi connectivity index (χ2n) is 16.6. The maximum Gasteiger partial charge on any atom is 0.233 e. The van der Waals surface area contributed by atoms with E-state index < -0.39 is 16.5 Å². The van der Waals surface area contributed by atoms with Crippen LogP contribution in [0.25, 0.3) is 0 Å². The fraction of sp³-hybridized carbons (Fsp3) is 0.302. The molecular weight excluding hydrogens is 652 g/mol. The van der Waals surface area contributed by atoms with Crippen LogP contribution in [0.1, 0.15) is 100 Å². The predicted molar refractivity (Wildman–Crippen MR) is 208 cm³/mol. The second-order valence-corrected chi connectivity index (χ2v) is 20.2. The first-order valence-corrected chi connectivity index (χ1v) is 20.2. The lowest BCUT2D eigenvalue weighted by Gasteiger charge is -2.41. The third kappa shape index (κ3) is 4.88. The molecule has 7 heteroatoms. The number of rotatable bonds is 2. The summed E-state index contributed by atoms with van der Waals surface area (Å²) in [6, 6.07) is 31.5. The summed E-state index contributed by atoms with van der Waals surface area (Å²) in [4.78, 5) is 0. The van der Waals surface area contributed by atoms with Gasteiger partial charge in [0.25, 0.3) is 0 Å². The zero-order valence-corrected chi connectivity index (χ0v) is 32.1. The summed E-state index contributed by atoms with van der Waals surface area (Å²) in [6.45, 7) is 18.7. The highest BCUT2D eigenvalue weighted by molar-refractivity contribution is 7.63. The zero-order valence-electron chi connectivity index (χ0n) is 30.3. The van der Waals surface area contributed by atoms with Gasteiger partial charge in [-0.3, -0.25) is 4.34 Å². The van der Waals surface area contributed by atoms with E-state index in [4.69, 9.17) is 9.26 Å². The number of fused-ring (bicyclic) bond motifs is 6. The molecule has 1 atom stereocenters. The first kappa shape index (κ1) is 31.9. The van der Waals surface area contributed by atoms with Crippen LogP contribution in [-0.2, 0) is 29.1 Å². The lowest BCUT2D eigenvalue weighted by atomic mass is 9.72. The molecule has 6 heterocycles. The Kier molecular flexibility index (Phi) is 7.01. The molecule has 1 unspecified atom stereocenters. The third-order valence-electron chi connectivity index (χ3n) is 10.8. The van der Waals surface area contributed by atoms with Crippen molar-refractivity contribution in [1.82, 2.24) is 13.0 Å². The van der Waals surface area contributed by atoms with Gasteiger partial charge in [-0.15, -0.1) is 0 Å². The molecule has 0 bridgehead atoms. The summed E-state index contributed by atoms with van der Waals surface area (Å²) in [5.41, 5.74) is 9.81. The van der Waals surface area contributed by atoms with Crippen LogP contribution in [0.2, 0.25) is 0 Å². The molecule has 3 aliphatic rings. The molecule has 3 aromatic heterocycles. The molecule has 3 aliphatic heterocycles. The molecule has 0 saturated heterocycles. The van der Waals surface area contributed by atoms with E-state index in [1.807, 2.05) is 0 Å². The molecule has 0 amide bonds. The smallest absolute Gasteiger partial charge is 0.233 e. The molecule has 5 nitrogen and oxygen atoms in total. The number of benzene rings is 3. The number of ether oxygens (including phenoxy) is 1. The minimum absolute atomic E-state index is 0.0433. The lowest BCUT2D eigenvalue weighted by molar-refractivity contribution is 0.421. The largest absolute Gasteiger partial charge is 0.455 e. The molecule has 254 valence electrons. The second kappa shape index (κ2) is 11.0. The Morgan fingerprint density at radius 2 is 1.12 bits per heavy atom. The van der Waals surface area contributed by atoms with E-state index in [2.05, 4.69) is 172 Å². The molecule has 3 aromatic carbocycles. The standard InChI is InChI=1S/C43H45N3O2P2/c1-41(2,3)29-23-34-39(37(25-29)49-44-19-11-16-32(44)27-33-17-12-20-45(33)49)47-40-35(43(34,7)8)24-30(42(4,5)6)26-38(40)50-46-21-13-15-31(46)22-28-14-9-10-18-36(28)48-50/h9-21,23-26H,22,27H2,1-8H3. The van der Waals surface area contributed by atoms with Gasteiger partial charge in [-0.2, -0.15) is 0 Å². The van der Waals surface area contributed by atoms with E-state index in [0.717, 1.165) is 35.4 Å². The van der Waals surface area contributed by atoms with Gasteiger partial charge in [0.05, 0.1) is 10.6 Å². The molecule has 0 spiro atoms. The van der Waals surface area contributed by atoms with Gasteiger partial charge >= 0.3 is 0 Å². The highest BCUT2D eigenvalue weighted by Crippen LogP contribution is 2.57. The Bertz CT molecular complexity index is 2270. The predicted octanol–water partition coefficient (Wildman–Crippen LogP) is 10.5. The average Bonchev–Trinajstić information content (AvgIpc) is 3.82. The van der Waals surface area contributed by atoms with Crippen molar-refractivity contribution < 1.29 is 9.26 Å². The number of nitrogens with zero attached hydrogens (tertiary/aromatic N) is 3. The van der Waals surface area contributed by atoms with Crippen molar-refractivity contribution in [3.8, 4) is 17.2 Å². The first-order valence-electron chi connectivity index (χ1n) is 17.7. The highest BCUT2D eigenvalue weighted by atomic mass is 31.2. The fourth-order valence-corrected chi connectivity index (χ4v) is 12.1. The van der Waals surface area contributed by atoms with Crippen molar-refractivity contribution in [3.63, 3.8) is 0 Å². The molecule has 0 radical (unpaired) electrons. The Morgan fingerprint density at radius 1 is 0.600 bits per heavy atom. The van der Waals surface area contributed by atoms with Gasteiger partial charge in [-0.1, -0.05) is 85.7 Å². The molecule has 0 saturated carbocycles. The maximum absolute atomic E-state index is 7.53. The van der Waals surface area contributed by atoms with E-state index in [9.17, 15) is 0 Å². The van der Waals surface area contributed by atoms with Crippen LogP contribution in [-0.4, -0.2) is 13.0 Å². The third-order valence-corrected chi connectivity index (χ3v) is 15.0. The molecule has 9 rings (SSSR count). The van der Waals surface area contributed by atoms with Crippen molar-refractivity contribution in [2.75, 3.05) is 0 Å². The van der Waals surface area contributed by atoms with Crippen molar-refractivity contribution in [1.29, 1.82) is 0 Å². The van der Waals surface area contributed by atoms with Crippen LogP contribution in [0.3, 0.4) is 0 Å². The molecule has 0 fully saturated rings. The SMILES string of the molecule is CC(C)(C)c1cc(P2Oc3ccccc3Cc3cccn32)c2c(c1)C(C)(C)c1cc(C(C)(C)C)cc(P3n4cccc4Cc4cccn43)c1O2. The van der Waals surface area contributed by atoms with Crippen molar-refractivity contribution in [2.24, 2.45) is 0 Å². The van der Waals surface area contributed by atoms with Gasteiger partial charge in [-0.05, 0) is 76.6 Å². The van der Waals surface area contributed by atoms with E-state index >= 15 is 0 Å². The quantitative estimate of drug-likeness (QED) is 0.169. The molecule has 0 N–H and O–H groups in total. The van der Waals surface area contributed by atoms with Crippen molar-refractivity contribution >= 4 is 27.1 Å². The summed E-state index contributed by atoms with van der Waals surface area (Å²) in [7, 11) is -2.28. The van der Waals surface area contributed by atoms with Gasteiger partial charge in [0.2, 0.25) is 8.30 Å². The summed E-state index contributed by atoms with van der Waals surface area (Å²) in [6.07, 6.45) is 8.48. The normalized spacial score (nSPS) is 17.6. The summed E-state index contributed by atoms with van der Waals surface area (Å²) >= 11 is 0. The van der Waals surface area contributed by atoms with Gasteiger partial charge in [0, 0.05) is 70.6 Å². The van der Waals surface area contributed by atoms with Gasteiger partial charge in [-0.25, -0.2) is 0 Å². The number of para-hydroxylation sites is 1. The van der Waals surface area contributed by atoms with Gasteiger partial charge < -0.3 is 17.9 Å². The van der Waals surface area contributed by atoms with Crippen LogP contribution in [0, 0.1) is 0 Å². The summed E-state index contributed by atoms with van der Waals surface area (Å²) in [5.74, 6) is 2.89. The number of hydrogen-bond donors (Lipinski definition) is 0. The molecule has 6 aromatic rings. The van der Waals surface area contributed by atoms with Crippen LogP contribution >= 0.6 is 16.5 Å². The van der Waals surface area contributed by atoms with Crippen LogP contribution in [0.15, 0.2) is 104 Å². The Labute approximate surface area is 298 Å². The Morgan fingerprint density at radius 3 is 1.72 bits per heavy atom. The fourth-order valence-electron chi connectivity index (χ4n) is 7.72. The number of aromatic nitrogens is 3. The molecule has 0 aliphatic carbocycles. The van der Waals surface area contributed by atoms with E-state index in [1.165, 1.54) is 50.2 Å². The minimum Gasteiger partial charge on any atom is -0.455 e. The van der Waals surface area contributed by atoms with Gasteiger partial charge in [0.15, 0.2) is 0 Å². The average molecular weight is 698 g/mol. The zero-order chi connectivity index (χ0) is 34.7. The Balaban J connectivity index is 1.32. The highest BCUT2D eigenvalue weighted by Gasteiger charge is 2.43. The summed E-state index contributed by atoms with van der Waals surface area (Å²) < 4.78 is 22.1.